The van der Waals surface area contributed by atoms with Gasteiger partial charge in [0.25, 0.3) is 5.91 Å². The predicted octanol–water partition coefficient (Wildman–Crippen LogP) is 2.65. The van der Waals surface area contributed by atoms with Crippen LogP contribution in [0.4, 0.5) is 0 Å². The summed E-state index contributed by atoms with van der Waals surface area (Å²) in [6.45, 7) is 7.07. The molecule has 0 aliphatic carbocycles. The summed E-state index contributed by atoms with van der Waals surface area (Å²) < 4.78 is 6.08. The average Bonchev–Trinajstić information content (AvgIpc) is 3.09. The third-order valence-corrected chi connectivity index (χ3v) is 5.49. The van der Waals surface area contributed by atoms with E-state index >= 15 is 0 Å². The lowest BCUT2D eigenvalue weighted by Crippen LogP contribution is -2.46. The fourth-order valence-electron chi connectivity index (χ4n) is 3.25. The number of hydrogen-bond acceptors (Lipinski definition) is 5. The van der Waals surface area contributed by atoms with Gasteiger partial charge in [0.2, 0.25) is 0 Å². The Labute approximate surface area is 169 Å². The average molecular weight is 402 g/mol. The monoisotopic (exact) mass is 401 g/mol. The van der Waals surface area contributed by atoms with Gasteiger partial charge in [0, 0.05) is 32.1 Å². The van der Waals surface area contributed by atoms with Crippen LogP contribution in [-0.4, -0.2) is 42.6 Å². The van der Waals surface area contributed by atoms with Gasteiger partial charge >= 0.3 is 0 Å². The first-order valence-electron chi connectivity index (χ1n) is 9.33. The van der Waals surface area contributed by atoms with Crippen LogP contribution in [0.15, 0.2) is 34.8 Å². The largest absolute Gasteiger partial charge is 0.487 e. The predicted molar refractivity (Wildman–Crippen MR) is 112 cm³/mol. The van der Waals surface area contributed by atoms with Crippen molar-refractivity contribution in [1.29, 1.82) is 0 Å². The molecule has 1 aliphatic rings. The highest BCUT2D eigenvalue weighted by molar-refractivity contribution is 7.11. The summed E-state index contributed by atoms with van der Waals surface area (Å²) in [7, 11) is 1.74. The summed E-state index contributed by atoms with van der Waals surface area (Å²) in [5.74, 6) is 1.50. The highest BCUT2D eigenvalue weighted by atomic mass is 32.1. The number of benzene rings is 1. The smallest absolute Gasteiger partial charge is 0.263 e. The van der Waals surface area contributed by atoms with E-state index in [1.807, 2.05) is 25.1 Å². The number of rotatable bonds is 5. The molecule has 0 saturated carbocycles. The van der Waals surface area contributed by atoms with Gasteiger partial charge in [-0.25, -0.2) is 4.98 Å². The Balaban J connectivity index is 1.54. The number of carbonyl (C=O) groups is 1. The van der Waals surface area contributed by atoms with Crippen molar-refractivity contribution < 1.29 is 9.53 Å². The van der Waals surface area contributed by atoms with Gasteiger partial charge in [-0.1, -0.05) is 18.2 Å². The van der Waals surface area contributed by atoms with Crippen molar-refractivity contribution in [1.82, 2.24) is 20.9 Å². The van der Waals surface area contributed by atoms with Gasteiger partial charge in [-0.2, -0.15) is 0 Å². The van der Waals surface area contributed by atoms with Crippen LogP contribution in [0.2, 0.25) is 0 Å². The highest BCUT2D eigenvalue weighted by Gasteiger charge is 2.33. The molecule has 1 aromatic heterocycles. The number of thiazole rings is 1. The fourth-order valence-corrected chi connectivity index (χ4v) is 3.97. The molecule has 150 valence electrons. The summed E-state index contributed by atoms with van der Waals surface area (Å²) in [5, 5.41) is 9.65. The molecule has 28 heavy (non-hydrogen) atoms. The molecule has 1 unspecified atom stereocenters. The minimum atomic E-state index is -0.258. The van der Waals surface area contributed by atoms with E-state index in [0.29, 0.717) is 23.9 Å². The van der Waals surface area contributed by atoms with Crippen LogP contribution < -0.4 is 20.7 Å². The molecule has 1 atom stereocenters. The molecule has 0 fully saturated rings. The van der Waals surface area contributed by atoms with Gasteiger partial charge in [0.05, 0.1) is 17.2 Å². The van der Waals surface area contributed by atoms with Gasteiger partial charge < -0.3 is 20.7 Å². The third-order valence-electron chi connectivity index (χ3n) is 4.57. The number of aryl methyl sites for hydroxylation is 1. The number of aliphatic imine (C=N–C) groups is 1. The number of ether oxygens (including phenoxy) is 1. The molecule has 1 amide bonds. The number of aromatic nitrogens is 1. The topological polar surface area (TPSA) is 87.6 Å². The van der Waals surface area contributed by atoms with Crippen molar-refractivity contribution in [2.24, 2.45) is 4.99 Å². The van der Waals surface area contributed by atoms with Gasteiger partial charge in [-0.15, -0.1) is 11.3 Å². The summed E-state index contributed by atoms with van der Waals surface area (Å²) in [5.41, 5.74) is 3.31. The maximum Gasteiger partial charge on any atom is 0.263 e. The van der Waals surface area contributed by atoms with Crippen LogP contribution in [0.1, 0.15) is 47.2 Å². The molecule has 1 aliphatic heterocycles. The number of fused-ring (bicyclic) bond motifs is 1. The fraction of sp³-hybridized carbons (Fsp3) is 0.450. The first-order chi connectivity index (χ1) is 13.4. The van der Waals surface area contributed by atoms with Crippen molar-refractivity contribution in [3.05, 3.63) is 45.9 Å². The second-order valence-electron chi connectivity index (χ2n) is 7.32. The van der Waals surface area contributed by atoms with Crippen molar-refractivity contribution in [2.45, 2.75) is 38.8 Å². The van der Waals surface area contributed by atoms with Gasteiger partial charge in [0.15, 0.2) is 5.96 Å². The van der Waals surface area contributed by atoms with Crippen LogP contribution in [0.5, 0.6) is 5.75 Å². The second-order valence-corrected chi connectivity index (χ2v) is 8.18. The van der Waals surface area contributed by atoms with Crippen LogP contribution in [0.25, 0.3) is 0 Å². The summed E-state index contributed by atoms with van der Waals surface area (Å²) in [6, 6.07) is 8.17. The van der Waals surface area contributed by atoms with Crippen molar-refractivity contribution in [2.75, 3.05) is 20.1 Å². The maximum absolute atomic E-state index is 12.1. The summed E-state index contributed by atoms with van der Waals surface area (Å²) in [4.78, 5) is 21.2. The Morgan fingerprint density at radius 3 is 2.79 bits per heavy atom. The molecule has 8 heteroatoms. The van der Waals surface area contributed by atoms with E-state index in [9.17, 15) is 4.79 Å². The van der Waals surface area contributed by atoms with Crippen LogP contribution in [-0.2, 0) is 0 Å². The number of guanidine groups is 1. The molecule has 0 saturated heterocycles. The van der Waals surface area contributed by atoms with Crippen LogP contribution in [0.3, 0.4) is 0 Å². The van der Waals surface area contributed by atoms with Gasteiger partial charge in [-0.3, -0.25) is 9.79 Å². The number of nitrogens with zero attached hydrogens (tertiary/aromatic N) is 2. The van der Waals surface area contributed by atoms with E-state index in [4.69, 9.17) is 4.74 Å². The van der Waals surface area contributed by atoms with Crippen molar-refractivity contribution in [3.8, 4) is 5.75 Å². The van der Waals surface area contributed by atoms with Crippen LogP contribution in [0, 0.1) is 6.92 Å². The quantitative estimate of drug-likeness (QED) is 0.407. The minimum absolute atomic E-state index is 0.0927. The molecule has 1 aromatic carbocycles. The molecule has 3 rings (SSSR count). The molecule has 7 nitrogen and oxygen atoms in total. The van der Waals surface area contributed by atoms with Gasteiger partial charge in [-0.05, 0) is 26.8 Å². The molecule has 0 spiro atoms. The summed E-state index contributed by atoms with van der Waals surface area (Å²) >= 11 is 1.35. The van der Waals surface area contributed by atoms with E-state index in [2.05, 4.69) is 45.8 Å². The Morgan fingerprint density at radius 2 is 2.07 bits per heavy atom. The molecule has 2 heterocycles. The molecular weight excluding hydrogens is 374 g/mol. The normalized spacial score (nSPS) is 18.0. The first-order valence-corrected chi connectivity index (χ1v) is 10.2. The zero-order chi connectivity index (χ0) is 20.1. The lowest BCUT2D eigenvalue weighted by molar-refractivity contribution is 0.0694. The Hall–Kier alpha value is -2.61. The highest BCUT2D eigenvalue weighted by Crippen LogP contribution is 2.39. The van der Waals surface area contributed by atoms with Crippen LogP contribution >= 0.6 is 11.3 Å². The number of amides is 1. The van der Waals surface area contributed by atoms with Crippen molar-refractivity contribution >= 4 is 23.2 Å². The Kier molecular flexibility index (Phi) is 6.18. The minimum Gasteiger partial charge on any atom is -0.487 e. The van der Waals surface area contributed by atoms with Gasteiger partial charge in [0.1, 0.15) is 16.2 Å². The molecule has 0 bridgehead atoms. The summed E-state index contributed by atoms with van der Waals surface area (Å²) in [6.07, 6.45) is 0.825. The van der Waals surface area contributed by atoms with E-state index in [0.717, 1.165) is 23.4 Å². The van der Waals surface area contributed by atoms with E-state index < -0.39 is 0 Å². The number of hydrogen-bond donors (Lipinski definition) is 3. The molecule has 0 radical (unpaired) electrons. The number of para-hydroxylation sites is 1. The number of nitrogens with one attached hydrogen (secondary N) is 3. The standard InChI is InChI=1S/C20H27N5O2S/c1-13-17(28-12-24-13)18(26)22-9-10-23-19(21-4)25-15-11-20(2,3)27-16-8-6-5-7-14(15)16/h5-8,12,15H,9-11H2,1-4H3,(H,22,26)(H2,21,23,25). The van der Waals surface area contributed by atoms with Crippen molar-refractivity contribution in [3.63, 3.8) is 0 Å². The first kappa shape index (κ1) is 20.1. The number of carbonyl (C=O) groups excluding carboxylic acids is 1. The third kappa shape index (κ3) is 4.81. The maximum atomic E-state index is 12.1. The molecular formula is C20H27N5O2S. The molecule has 2 aromatic rings. The van der Waals surface area contributed by atoms with E-state index in [1.165, 1.54) is 11.3 Å². The van der Waals surface area contributed by atoms with E-state index in [-0.39, 0.29) is 17.6 Å². The molecule has 3 N–H and O–H groups in total. The van der Waals surface area contributed by atoms with E-state index in [1.54, 1.807) is 12.6 Å². The SMILES string of the molecule is CN=C(NCCNC(=O)c1scnc1C)NC1CC(C)(C)Oc2ccccc21. The Morgan fingerprint density at radius 1 is 1.32 bits per heavy atom. The second kappa shape index (κ2) is 8.60. The lowest BCUT2D eigenvalue weighted by Gasteiger charge is -2.38. The Bertz CT molecular complexity index is 862. The zero-order valence-electron chi connectivity index (χ0n) is 16.7. The lowest BCUT2D eigenvalue weighted by atomic mass is 9.90. The zero-order valence-corrected chi connectivity index (χ0v) is 17.5.